The maximum Gasteiger partial charge on any atom is 0.253 e. The molecule has 3 nitrogen and oxygen atoms in total. The first-order valence-electron chi connectivity index (χ1n) is 9.07. The molecule has 1 amide bonds. The number of aromatic nitrogens is 1. The summed E-state index contributed by atoms with van der Waals surface area (Å²) in [4.78, 5) is 12.7. The van der Waals surface area contributed by atoms with Crippen LogP contribution in [0, 0.1) is 12.8 Å². The number of carbonyl (C=O) groups is 1. The average molecular weight is 312 g/mol. The zero-order chi connectivity index (χ0) is 16.2. The molecule has 3 rings (SSSR count). The Balaban J connectivity index is 1.70. The van der Waals surface area contributed by atoms with Crippen molar-refractivity contribution in [3.63, 3.8) is 0 Å². The molecule has 1 fully saturated rings. The second kappa shape index (κ2) is 7.20. The van der Waals surface area contributed by atoms with Crippen LogP contribution in [0.4, 0.5) is 0 Å². The van der Waals surface area contributed by atoms with Gasteiger partial charge in [0.05, 0.1) is 5.56 Å². The zero-order valence-electron chi connectivity index (χ0n) is 14.4. The van der Waals surface area contributed by atoms with Crippen molar-refractivity contribution in [1.29, 1.82) is 0 Å². The smallest absolute Gasteiger partial charge is 0.253 e. The van der Waals surface area contributed by atoms with Crippen LogP contribution >= 0.6 is 0 Å². The van der Waals surface area contributed by atoms with Gasteiger partial charge in [0.1, 0.15) is 0 Å². The second-order valence-corrected chi connectivity index (χ2v) is 6.85. The average Bonchev–Trinajstić information content (AvgIpc) is 2.96. The van der Waals surface area contributed by atoms with Gasteiger partial charge in [-0.05, 0) is 37.8 Å². The van der Waals surface area contributed by atoms with Crippen LogP contribution in [0.15, 0.2) is 24.4 Å². The number of nitrogens with zero attached hydrogens (tertiary/aromatic N) is 1. The van der Waals surface area contributed by atoms with Gasteiger partial charge in [-0.1, -0.05) is 44.2 Å². The summed E-state index contributed by atoms with van der Waals surface area (Å²) in [6.07, 6.45) is 9.92. The Morgan fingerprint density at radius 2 is 2.04 bits per heavy atom. The Kier molecular flexibility index (Phi) is 5.04. The molecule has 1 heterocycles. The number of carbonyl (C=O) groups excluding carboxylic acids is 1. The molecule has 1 aromatic heterocycles. The standard InChI is InChI=1S/C20H28N2O/c1-3-22-14-17(19-15(2)8-7-11-18(19)22)20(23)21-13-12-16-9-5-4-6-10-16/h7-8,11,14,16H,3-6,9-10,12-13H2,1-2H3,(H,21,23). The summed E-state index contributed by atoms with van der Waals surface area (Å²) in [6.45, 7) is 5.89. The van der Waals surface area contributed by atoms with Crippen LogP contribution in [-0.2, 0) is 6.54 Å². The summed E-state index contributed by atoms with van der Waals surface area (Å²) >= 11 is 0. The lowest BCUT2D eigenvalue weighted by molar-refractivity contribution is 0.0951. The lowest BCUT2D eigenvalue weighted by atomic mass is 9.87. The van der Waals surface area contributed by atoms with Gasteiger partial charge in [0.25, 0.3) is 5.91 Å². The Morgan fingerprint density at radius 3 is 2.78 bits per heavy atom. The molecule has 1 aliphatic carbocycles. The van der Waals surface area contributed by atoms with Crippen LogP contribution in [0.3, 0.4) is 0 Å². The minimum atomic E-state index is 0.0762. The molecule has 1 saturated carbocycles. The molecular formula is C20H28N2O. The van der Waals surface area contributed by atoms with E-state index in [0.29, 0.717) is 0 Å². The van der Waals surface area contributed by atoms with Crippen LogP contribution in [-0.4, -0.2) is 17.0 Å². The molecule has 1 aliphatic rings. The van der Waals surface area contributed by atoms with Crippen molar-refractivity contribution < 1.29 is 4.79 Å². The Bertz CT molecular complexity index is 680. The number of rotatable bonds is 5. The summed E-state index contributed by atoms with van der Waals surface area (Å²) in [6, 6.07) is 6.25. The number of aryl methyl sites for hydroxylation is 2. The molecule has 1 N–H and O–H groups in total. The summed E-state index contributed by atoms with van der Waals surface area (Å²) in [5, 5.41) is 4.25. The van der Waals surface area contributed by atoms with Gasteiger partial charge in [-0.25, -0.2) is 0 Å². The predicted molar refractivity (Wildman–Crippen MR) is 95.9 cm³/mol. The fourth-order valence-corrected chi connectivity index (χ4v) is 3.93. The molecule has 0 unspecified atom stereocenters. The molecule has 0 saturated heterocycles. The van der Waals surface area contributed by atoms with Crippen LogP contribution in [0.2, 0.25) is 0 Å². The highest BCUT2D eigenvalue weighted by atomic mass is 16.1. The van der Waals surface area contributed by atoms with E-state index in [2.05, 4.69) is 41.9 Å². The number of fused-ring (bicyclic) bond motifs is 1. The van der Waals surface area contributed by atoms with E-state index in [1.165, 1.54) is 37.7 Å². The number of amides is 1. The van der Waals surface area contributed by atoms with E-state index in [1.807, 2.05) is 6.20 Å². The van der Waals surface area contributed by atoms with Crippen molar-refractivity contribution in [3.05, 3.63) is 35.5 Å². The molecule has 0 spiro atoms. The van der Waals surface area contributed by atoms with Crippen LogP contribution in [0.25, 0.3) is 10.9 Å². The first-order chi connectivity index (χ1) is 11.2. The Hall–Kier alpha value is -1.77. The van der Waals surface area contributed by atoms with Gasteiger partial charge in [0.15, 0.2) is 0 Å². The lowest BCUT2D eigenvalue weighted by Gasteiger charge is -2.21. The SMILES string of the molecule is CCn1cc(C(=O)NCCC2CCCCC2)c2c(C)cccc21. The zero-order valence-corrected chi connectivity index (χ0v) is 14.4. The van der Waals surface area contributed by atoms with Gasteiger partial charge in [0, 0.05) is 30.2 Å². The topological polar surface area (TPSA) is 34.0 Å². The second-order valence-electron chi connectivity index (χ2n) is 6.85. The van der Waals surface area contributed by atoms with E-state index in [1.54, 1.807) is 0 Å². The first-order valence-corrected chi connectivity index (χ1v) is 9.07. The van der Waals surface area contributed by atoms with Crippen molar-refractivity contribution in [1.82, 2.24) is 9.88 Å². The van der Waals surface area contributed by atoms with Gasteiger partial charge in [-0.15, -0.1) is 0 Å². The van der Waals surface area contributed by atoms with Gasteiger partial charge >= 0.3 is 0 Å². The normalized spacial score (nSPS) is 15.9. The fourth-order valence-electron chi connectivity index (χ4n) is 3.93. The molecule has 1 aromatic carbocycles. The number of nitrogens with one attached hydrogen (secondary N) is 1. The van der Waals surface area contributed by atoms with Gasteiger partial charge in [-0.2, -0.15) is 0 Å². The monoisotopic (exact) mass is 312 g/mol. The van der Waals surface area contributed by atoms with E-state index in [0.717, 1.165) is 41.9 Å². The van der Waals surface area contributed by atoms with E-state index >= 15 is 0 Å². The number of hydrogen-bond donors (Lipinski definition) is 1. The number of hydrogen-bond acceptors (Lipinski definition) is 1. The molecular weight excluding hydrogens is 284 g/mol. The maximum absolute atomic E-state index is 12.7. The Morgan fingerprint density at radius 1 is 1.26 bits per heavy atom. The van der Waals surface area contributed by atoms with Crippen molar-refractivity contribution >= 4 is 16.8 Å². The maximum atomic E-state index is 12.7. The fraction of sp³-hybridized carbons (Fsp3) is 0.550. The Labute approximate surface area is 139 Å². The molecule has 0 bridgehead atoms. The van der Waals surface area contributed by atoms with E-state index < -0.39 is 0 Å². The molecule has 124 valence electrons. The lowest BCUT2D eigenvalue weighted by Crippen LogP contribution is -2.26. The third kappa shape index (κ3) is 3.44. The van der Waals surface area contributed by atoms with Gasteiger partial charge in [0.2, 0.25) is 0 Å². The first kappa shape index (κ1) is 16.1. The van der Waals surface area contributed by atoms with Gasteiger partial charge < -0.3 is 9.88 Å². The highest BCUT2D eigenvalue weighted by Gasteiger charge is 2.17. The third-order valence-corrected chi connectivity index (χ3v) is 5.26. The van der Waals surface area contributed by atoms with Crippen LogP contribution in [0.5, 0.6) is 0 Å². The largest absolute Gasteiger partial charge is 0.352 e. The van der Waals surface area contributed by atoms with Crippen molar-refractivity contribution in [3.8, 4) is 0 Å². The predicted octanol–water partition coefficient (Wildman–Crippen LogP) is 4.67. The highest BCUT2D eigenvalue weighted by Crippen LogP contribution is 2.27. The number of benzene rings is 1. The molecule has 0 aliphatic heterocycles. The van der Waals surface area contributed by atoms with Gasteiger partial charge in [-0.3, -0.25) is 4.79 Å². The summed E-state index contributed by atoms with van der Waals surface area (Å²) in [7, 11) is 0. The molecule has 0 radical (unpaired) electrons. The van der Waals surface area contributed by atoms with Crippen LogP contribution < -0.4 is 5.32 Å². The molecule has 2 aromatic rings. The van der Waals surface area contributed by atoms with Crippen molar-refractivity contribution in [2.24, 2.45) is 5.92 Å². The molecule has 0 atom stereocenters. The third-order valence-electron chi connectivity index (χ3n) is 5.26. The molecule has 23 heavy (non-hydrogen) atoms. The minimum absolute atomic E-state index is 0.0762. The summed E-state index contributed by atoms with van der Waals surface area (Å²) in [5.74, 6) is 0.884. The highest BCUT2D eigenvalue weighted by molar-refractivity contribution is 6.08. The van der Waals surface area contributed by atoms with E-state index in [-0.39, 0.29) is 5.91 Å². The molecule has 3 heteroatoms. The minimum Gasteiger partial charge on any atom is -0.352 e. The van der Waals surface area contributed by atoms with E-state index in [9.17, 15) is 4.79 Å². The summed E-state index contributed by atoms with van der Waals surface area (Å²) in [5.41, 5.74) is 3.15. The summed E-state index contributed by atoms with van der Waals surface area (Å²) < 4.78 is 2.17. The van der Waals surface area contributed by atoms with Crippen molar-refractivity contribution in [2.45, 2.75) is 58.9 Å². The van der Waals surface area contributed by atoms with E-state index in [4.69, 9.17) is 0 Å². The van der Waals surface area contributed by atoms with Crippen molar-refractivity contribution in [2.75, 3.05) is 6.54 Å². The quantitative estimate of drug-likeness (QED) is 0.855. The van der Waals surface area contributed by atoms with Crippen LogP contribution in [0.1, 0.15) is 61.4 Å².